The number of H-pyrrole nitrogens is 1. The van der Waals surface area contributed by atoms with Crippen LogP contribution >= 0.6 is 11.6 Å². The van der Waals surface area contributed by atoms with Crippen molar-refractivity contribution in [2.75, 3.05) is 25.5 Å². The lowest BCUT2D eigenvalue weighted by Gasteiger charge is -2.36. The molecule has 0 saturated heterocycles. The fraction of sp³-hybridized carbons (Fsp3) is 0.556. The van der Waals surface area contributed by atoms with E-state index in [9.17, 15) is 9.59 Å². The monoisotopic (exact) mass is 488 g/mol. The van der Waals surface area contributed by atoms with Crippen LogP contribution in [-0.2, 0) is 13.0 Å². The molecule has 0 aliphatic heterocycles. The maximum atomic E-state index is 13.1. The fourth-order valence-corrected chi connectivity index (χ4v) is 4.99. The van der Waals surface area contributed by atoms with Gasteiger partial charge in [0.2, 0.25) is 0 Å². The van der Waals surface area contributed by atoms with Gasteiger partial charge in [0.25, 0.3) is 11.5 Å². The molecule has 34 heavy (non-hydrogen) atoms. The molecule has 6 nitrogen and oxygen atoms in total. The number of amides is 1. The molecular formula is C27H41ClN4O2. The molecule has 0 spiro atoms. The van der Waals surface area contributed by atoms with Gasteiger partial charge in [-0.25, -0.2) is 0 Å². The Morgan fingerprint density at radius 2 is 1.76 bits per heavy atom. The van der Waals surface area contributed by atoms with Crippen LogP contribution in [0.4, 0.5) is 5.69 Å². The lowest BCUT2D eigenvalue weighted by Crippen LogP contribution is -2.37. The first-order chi connectivity index (χ1) is 16.3. The third-order valence-corrected chi connectivity index (χ3v) is 6.64. The van der Waals surface area contributed by atoms with Crippen molar-refractivity contribution in [3.63, 3.8) is 0 Å². The van der Waals surface area contributed by atoms with Gasteiger partial charge in [0.15, 0.2) is 0 Å². The van der Waals surface area contributed by atoms with Crippen molar-refractivity contribution in [2.45, 2.75) is 78.8 Å². The second kappa shape index (κ2) is 13.5. The zero-order valence-corrected chi connectivity index (χ0v) is 22.4. The molecule has 1 saturated carbocycles. The van der Waals surface area contributed by atoms with E-state index in [4.69, 9.17) is 11.6 Å². The number of aryl methyl sites for hydroxylation is 2. The molecule has 1 fully saturated rings. The molecule has 1 aromatic heterocycles. The number of carbonyl (C=O) groups is 1. The largest absolute Gasteiger partial charge is 0.369 e. The van der Waals surface area contributed by atoms with Crippen LogP contribution in [-0.4, -0.2) is 37.6 Å². The Balaban J connectivity index is 0.00000129. The summed E-state index contributed by atoms with van der Waals surface area (Å²) in [6.45, 7) is 9.10. The Morgan fingerprint density at radius 1 is 1.12 bits per heavy atom. The lowest BCUT2D eigenvalue weighted by atomic mass is 9.93. The van der Waals surface area contributed by atoms with Crippen LogP contribution in [0, 0.1) is 13.8 Å². The van der Waals surface area contributed by atoms with Crippen molar-refractivity contribution < 1.29 is 4.79 Å². The minimum atomic E-state index is -0.206. The number of aromatic amines is 1. The topological polar surface area (TPSA) is 77.2 Å². The minimum Gasteiger partial charge on any atom is -0.369 e. The van der Waals surface area contributed by atoms with E-state index in [0.717, 1.165) is 35.5 Å². The van der Waals surface area contributed by atoms with Crippen LogP contribution in [0.1, 0.15) is 78.7 Å². The normalized spacial score (nSPS) is 13.7. The van der Waals surface area contributed by atoms with E-state index >= 15 is 0 Å². The number of rotatable bonds is 7. The summed E-state index contributed by atoms with van der Waals surface area (Å²) in [7, 11) is 3.75. The Labute approximate surface area is 209 Å². The Morgan fingerprint density at radius 3 is 2.35 bits per heavy atom. The molecular weight excluding hydrogens is 448 g/mol. The van der Waals surface area contributed by atoms with E-state index < -0.39 is 0 Å². The van der Waals surface area contributed by atoms with E-state index in [1.807, 2.05) is 47.0 Å². The van der Waals surface area contributed by atoms with Gasteiger partial charge in [-0.05, 0) is 83.5 Å². The van der Waals surface area contributed by atoms with E-state index in [-0.39, 0.29) is 18.0 Å². The summed E-state index contributed by atoms with van der Waals surface area (Å²) < 4.78 is 0. The highest BCUT2D eigenvalue weighted by molar-refractivity contribution is 6.31. The van der Waals surface area contributed by atoms with Crippen molar-refractivity contribution in [2.24, 2.45) is 0 Å². The summed E-state index contributed by atoms with van der Waals surface area (Å²) in [4.78, 5) is 30.8. The van der Waals surface area contributed by atoms with Gasteiger partial charge in [-0.15, -0.1) is 0 Å². The standard InChI is InChI=1S/C25H34ClN3O2.C2H7N/c1-5-18-12-16(3)28-25(31)22(18)15-27-24(30)21-13-19(26)14-23(17(21)4)29(6-2)20-10-8-7-9-11-20;1-3-2/h12-14,20H,5-11,15H2,1-4H3,(H,27,30)(H,28,31);3H,1-2H3. The van der Waals surface area contributed by atoms with Crippen LogP contribution in [0.3, 0.4) is 0 Å². The lowest BCUT2D eigenvalue weighted by molar-refractivity contribution is 0.0950. The molecule has 7 heteroatoms. The summed E-state index contributed by atoms with van der Waals surface area (Å²) in [5, 5.41) is 6.25. The number of hydrogen-bond acceptors (Lipinski definition) is 4. The van der Waals surface area contributed by atoms with Crippen LogP contribution in [0.25, 0.3) is 0 Å². The molecule has 0 radical (unpaired) electrons. The maximum Gasteiger partial charge on any atom is 0.253 e. The summed E-state index contributed by atoms with van der Waals surface area (Å²) in [5.74, 6) is -0.206. The third kappa shape index (κ3) is 7.09. The van der Waals surface area contributed by atoms with Crippen LogP contribution in [0.2, 0.25) is 5.02 Å². The second-order valence-corrected chi connectivity index (χ2v) is 9.43. The van der Waals surface area contributed by atoms with Gasteiger partial charge in [0, 0.05) is 46.7 Å². The van der Waals surface area contributed by atoms with Crippen LogP contribution in [0.15, 0.2) is 23.0 Å². The van der Waals surface area contributed by atoms with Gasteiger partial charge < -0.3 is 20.5 Å². The van der Waals surface area contributed by atoms with Crippen molar-refractivity contribution in [3.05, 3.63) is 61.5 Å². The van der Waals surface area contributed by atoms with Gasteiger partial charge >= 0.3 is 0 Å². The average Bonchev–Trinajstić information content (AvgIpc) is 2.81. The highest BCUT2D eigenvalue weighted by Crippen LogP contribution is 2.33. The number of hydrogen-bond donors (Lipinski definition) is 3. The van der Waals surface area contributed by atoms with Gasteiger partial charge in [-0.3, -0.25) is 9.59 Å². The molecule has 1 heterocycles. The first-order valence-electron chi connectivity index (χ1n) is 12.4. The summed E-state index contributed by atoms with van der Waals surface area (Å²) >= 11 is 6.45. The zero-order valence-electron chi connectivity index (χ0n) is 21.6. The SMILES string of the molecule is CCc1cc(C)[nH]c(=O)c1CNC(=O)c1cc(Cl)cc(N(CC)C2CCCCC2)c1C.CNC. The number of nitrogens with one attached hydrogen (secondary N) is 3. The van der Waals surface area contributed by atoms with Crippen molar-refractivity contribution >= 4 is 23.2 Å². The first kappa shape index (κ1) is 27.9. The predicted octanol–water partition coefficient (Wildman–Crippen LogP) is 5.13. The fourth-order valence-electron chi connectivity index (χ4n) is 4.77. The molecule has 0 unspecified atom stereocenters. The van der Waals surface area contributed by atoms with Gasteiger partial charge in [0.1, 0.15) is 0 Å². The van der Waals surface area contributed by atoms with Crippen molar-refractivity contribution in [1.29, 1.82) is 0 Å². The molecule has 188 valence electrons. The molecule has 3 rings (SSSR count). The van der Waals surface area contributed by atoms with Gasteiger partial charge in [0.05, 0.1) is 0 Å². The van der Waals surface area contributed by atoms with Crippen molar-refractivity contribution in [1.82, 2.24) is 15.6 Å². The molecule has 1 aromatic carbocycles. The van der Waals surface area contributed by atoms with Gasteiger partial charge in [-0.2, -0.15) is 0 Å². The highest BCUT2D eigenvalue weighted by Gasteiger charge is 2.24. The van der Waals surface area contributed by atoms with E-state index in [2.05, 4.69) is 27.4 Å². The molecule has 2 aromatic rings. The number of benzene rings is 1. The predicted molar refractivity (Wildman–Crippen MR) is 143 cm³/mol. The van der Waals surface area contributed by atoms with Gasteiger partial charge in [-0.1, -0.05) is 37.8 Å². The molecule has 1 aliphatic rings. The molecule has 0 atom stereocenters. The Hall–Kier alpha value is -2.31. The third-order valence-electron chi connectivity index (χ3n) is 6.43. The summed E-state index contributed by atoms with van der Waals surface area (Å²) in [6.07, 6.45) is 6.89. The molecule has 0 bridgehead atoms. The number of halogens is 1. The maximum absolute atomic E-state index is 13.1. The second-order valence-electron chi connectivity index (χ2n) is 9.00. The molecule has 3 N–H and O–H groups in total. The molecule has 1 aliphatic carbocycles. The Bertz CT molecular complexity index is 1010. The molecule has 1 amide bonds. The first-order valence-corrected chi connectivity index (χ1v) is 12.8. The number of anilines is 1. The Kier molecular flexibility index (Phi) is 11.1. The number of carbonyl (C=O) groups excluding carboxylic acids is 1. The quantitative estimate of drug-likeness (QED) is 0.504. The average molecular weight is 489 g/mol. The number of nitrogens with zero attached hydrogens (tertiary/aromatic N) is 1. The zero-order chi connectivity index (χ0) is 25.3. The van der Waals surface area contributed by atoms with Crippen LogP contribution < -0.4 is 21.1 Å². The minimum absolute atomic E-state index is 0.143. The van der Waals surface area contributed by atoms with Crippen LogP contribution in [0.5, 0.6) is 0 Å². The highest BCUT2D eigenvalue weighted by atomic mass is 35.5. The van der Waals surface area contributed by atoms with E-state index in [0.29, 0.717) is 22.2 Å². The summed E-state index contributed by atoms with van der Waals surface area (Å²) in [5.41, 5.74) is 4.79. The number of pyridine rings is 1. The van der Waals surface area contributed by atoms with E-state index in [1.165, 1.54) is 32.1 Å². The van der Waals surface area contributed by atoms with E-state index in [1.54, 1.807) is 6.07 Å². The van der Waals surface area contributed by atoms with Crippen molar-refractivity contribution in [3.8, 4) is 0 Å². The summed E-state index contributed by atoms with van der Waals surface area (Å²) in [6, 6.07) is 6.16. The smallest absolute Gasteiger partial charge is 0.253 e. The number of aromatic nitrogens is 1.